The van der Waals surface area contributed by atoms with E-state index in [0.717, 1.165) is 50.8 Å². The monoisotopic (exact) mass is 673 g/mol. The van der Waals surface area contributed by atoms with E-state index in [4.69, 9.17) is 19.9 Å². The standard InChI is InChI=1S/C38H51N5O6/c1-27-14-16-32(35(25-27)49-23-9-5-6-13-36(44)43-21-18-29(19-22-43)42(2)3)40-37(45)28-15-17-31(34(26-28)47-4)41-38(46)30-11-7-8-12-33(30)48-24-10-20-39/h7-8,11-12,14-17,25-26,29H,5-6,9-10,13,18-24,39H2,1-4H3,(H,40,45)(H,41,46). The number of methoxy groups -OCH3 is 1. The molecule has 0 saturated carbocycles. The number of hydrogen-bond donors (Lipinski definition) is 3. The first-order valence-corrected chi connectivity index (χ1v) is 17.1. The van der Waals surface area contributed by atoms with Crippen molar-refractivity contribution in [3.05, 3.63) is 77.4 Å². The van der Waals surface area contributed by atoms with Crippen LogP contribution < -0.4 is 30.6 Å². The van der Waals surface area contributed by atoms with Crippen LogP contribution in [0.1, 0.15) is 71.2 Å². The van der Waals surface area contributed by atoms with E-state index in [2.05, 4.69) is 29.6 Å². The van der Waals surface area contributed by atoms with Crippen molar-refractivity contribution in [2.45, 2.75) is 57.9 Å². The summed E-state index contributed by atoms with van der Waals surface area (Å²) >= 11 is 0. The fourth-order valence-electron chi connectivity index (χ4n) is 5.74. The van der Waals surface area contributed by atoms with Crippen LogP contribution in [-0.4, -0.2) is 87.6 Å². The average molecular weight is 674 g/mol. The molecule has 1 saturated heterocycles. The highest BCUT2D eigenvalue weighted by Crippen LogP contribution is 2.30. The number of benzene rings is 3. The summed E-state index contributed by atoms with van der Waals surface area (Å²) in [7, 11) is 5.68. The van der Waals surface area contributed by atoms with Crippen molar-refractivity contribution in [2.75, 3.05) is 64.7 Å². The third-order valence-corrected chi connectivity index (χ3v) is 8.67. The molecule has 0 bridgehead atoms. The lowest BCUT2D eigenvalue weighted by Gasteiger charge is -2.35. The van der Waals surface area contributed by atoms with Gasteiger partial charge >= 0.3 is 0 Å². The molecule has 0 aromatic heterocycles. The van der Waals surface area contributed by atoms with Crippen LogP contribution in [0.4, 0.5) is 11.4 Å². The number of para-hydroxylation sites is 1. The predicted molar refractivity (Wildman–Crippen MR) is 193 cm³/mol. The Morgan fingerprint density at radius 2 is 1.49 bits per heavy atom. The maximum atomic E-state index is 13.3. The molecule has 0 unspecified atom stereocenters. The van der Waals surface area contributed by atoms with Crippen molar-refractivity contribution in [1.82, 2.24) is 9.80 Å². The maximum Gasteiger partial charge on any atom is 0.259 e. The highest BCUT2D eigenvalue weighted by molar-refractivity contribution is 6.08. The van der Waals surface area contributed by atoms with E-state index in [0.29, 0.717) is 78.4 Å². The number of hydrogen-bond acceptors (Lipinski definition) is 8. The summed E-state index contributed by atoms with van der Waals surface area (Å²) in [6.45, 7) is 5.00. The number of rotatable bonds is 17. The Morgan fingerprint density at radius 3 is 2.22 bits per heavy atom. The van der Waals surface area contributed by atoms with Gasteiger partial charge < -0.3 is 40.4 Å². The lowest BCUT2D eigenvalue weighted by atomic mass is 10.0. The number of ether oxygens (including phenoxy) is 3. The van der Waals surface area contributed by atoms with E-state index >= 15 is 0 Å². The van der Waals surface area contributed by atoms with Gasteiger partial charge in [-0.05, 0) is 114 Å². The van der Waals surface area contributed by atoms with Crippen LogP contribution in [-0.2, 0) is 4.79 Å². The molecule has 1 aliphatic rings. The largest absolute Gasteiger partial charge is 0.495 e. The second kappa shape index (κ2) is 18.8. The fourth-order valence-corrected chi connectivity index (χ4v) is 5.74. The molecular weight excluding hydrogens is 622 g/mol. The van der Waals surface area contributed by atoms with Gasteiger partial charge in [-0.3, -0.25) is 14.4 Å². The number of likely N-dealkylation sites (tertiary alicyclic amines) is 1. The van der Waals surface area contributed by atoms with Crippen molar-refractivity contribution in [3.63, 3.8) is 0 Å². The molecule has 4 N–H and O–H groups in total. The first-order chi connectivity index (χ1) is 23.7. The summed E-state index contributed by atoms with van der Waals surface area (Å²) in [6.07, 6.45) is 5.78. The SMILES string of the molecule is COc1cc(C(=O)Nc2ccc(C)cc2OCCCCCC(=O)N2CCC(N(C)C)CC2)ccc1NC(=O)c1ccccc1OCCCN. The molecule has 11 nitrogen and oxygen atoms in total. The Hall–Kier alpha value is -4.61. The van der Waals surface area contributed by atoms with Gasteiger partial charge in [0.15, 0.2) is 0 Å². The maximum absolute atomic E-state index is 13.3. The number of aryl methyl sites for hydroxylation is 1. The molecule has 49 heavy (non-hydrogen) atoms. The zero-order valence-corrected chi connectivity index (χ0v) is 29.3. The van der Waals surface area contributed by atoms with Crippen LogP contribution in [0.15, 0.2) is 60.7 Å². The molecule has 1 fully saturated rings. The van der Waals surface area contributed by atoms with E-state index in [-0.39, 0.29) is 17.7 Å². The van der Waals surface area contributed by atoms with Crippen molar-refractivity contribution >= 4 is 29.1 Å². The van der Waals surface area contributed by atoms with Crippen LogP contribution in [0.5, 0.6) is 17.2 Å². The second-order valence-electron chi connectivity index (χ2n) is 12.5. The third-order valence-electron chi connectivity index (χ3n) is 8.67. The summed E-state index contributed by atoms with van der Waals surface area (Å²) in [5.41, 5.74) is 8.26. The number of piperidine rings is 1. The molecule has 3 aromatic carbocycles. The minimum atomic E-state index is -0.368. The van der Waals surface area contributed by atoms with Gasteiger partial charge in [-0.15, -0.1) is 0 Å². The minimum absolute atomic E-state index is 0.239. The van der Waals surface area contributed by atoms with E-state index in [1.165, 1.54) is 7.11 Å². The lowest BCUT2D eigenvalue weighted by molar-refractivity contribution is -0.132. The first-order valence-electron chi connectivity index (χ1n) is 17.1. The quantitative estimate of drug-likeness (QED) is 0.155. The van der Waals surface area contributed by atoms with E-state index in [9.17, 15) is 14.4 Å². The van der Waals surface area contributed by atoms with Gasteiger partial charge in [-0.25, -0.2) is 0 Å². The van der Waals surface area contributed by atoms with Crippen molar-refractivity contribution < 1.29 is 28.6 Å². The normalized spacial score (nSPS) is 13.2. The Kier molecular flexibility index (Phi) is 14.3. The summed E-state index contributed by atoms with van der Waals surface area (Å²) in [6, 6.07) is 18.0. The van der Waals surface area contributed by atoms with Crippen molar-refractivity contribution in [3.8, 4) is 17.2 Å². The van der Waals surface area contributed by atoms with Crippen LogP contribution in [0, 0.1) is 6.92 Å². The predicted octanol–water partition coefficient (Wildman–Crippen LogP) is 5.73. The zero-order chi connectivity index (χ0) is 35.2. The number of amides is 3. The van der Waals surface area contributed by atoms with E-state index in [1.807, 2.05) is 30.0 Å². The van der Waals surface area contributed by atoms with Gasteiger partial charge in [-0.1, -0.05) is 18.2 Å². The van der Waals surface area contributed by atoms with Crippen molar-refractivity contribution in [1.29, 1.82) is 0 Å². The molecule has 11 heteroatoms. The van der Waals surface area contributed by atoms with Crippen molar-refractivity contribution in [2.24, 2.45) is 5.73 Å². The molecule has 264 valence electrons. The molecule has 3 aromatic rings. The summed E-state index contributed by atoms with van der Waals surface area (Å²) < 4.78 is 17.4. The molecule has 0 spiro atoms. The second-order valence-corrected chi connectivity index (χ2v) is 12.5. The molecule has 1 heterocycles. The summed E-state index contributed by atoms with van der Waals surface area (Å²) in [5.74, 6) is 0.892. The fraction of sp³-hybridized carbons (Fsp3) is 0.447. The molecular formula is C38H51N5O6. The van der Waals surface area contributed by atoms with Crippen LogP contribution in [0.3, 0.4) is 0 Å². The Balaban J connectivity index is 1.29. The topological polar surface area (TPSA) is 135 Å². The van der Waals surface area contributed by atoms with Crippen LogP contribution in [0.25, 0.3) is 0 Å². The highest BCUT2D eigenvalue weighted by Gasteiger charge is 2.23. The smallest absolute Gasteiger partial charge is 0.259 e. The number of anilines is 2. The number of carbonyl (C=O) groups excluding carboxylic acids is 3. The Bertz CT molecular complexity index is 1550. The van der Waals surface area contributed by atoms with Crippen LogP contribution in [0.2, 0.25) is 0 Å². The first kappa shape index (κ1) is 37.2. The molecule has 1 aliphatic heterocycles. The minimum Gasteiger partial charge on any atom is -0.495 e. The number of nitrogens with one attached hydrogen (secondary N) is 2. The van der Waals surface area contributed by atoms with Gasteiger partial charge in [0.25, 0.3) is 11.8 Å². The molecule has 0 aliphatic carbocycles. The lowest BCUT2D eigenvalue weighted by Crippen LogP contribution is -2.44. The number of carbonyl (C=O) groups is 3. The van der Waals surface area contributed by atoms with Gasteiger partial charge in [-0.2, -0.15) is 0 Å². The zero-order valence-electron chi connectivity index (χ0n) is 29.3. The van der Waals surface area contributed by atoms with Gasteiger partial charge in [0.1, 0.15) is 17.2 Å². The number of nitrogens with two attached hydrogens (primary N) is 1. The van der Waals surface area contributed by atoms with Gasteiger partial charge in [0.05, 0.1) is 37.3 Å². The summed E-state index contributed by atoms with van der Waals surface area (Å²) in [4.78, 5) is 43.4. The van der Waals surface area contributed by atoms with E-state index in [1.54, 1.807) is 42.5 Å². The third kappa shape index (κ3) is 11.0. The molecule has 3 amide bonds. The van der Waals surface area contributed by atoms with Gasteiger partial charge in [0.2, 0.25) is 5.91 Å². The Labute approximate surface area is 290 Å². The molecule has 0 atom stereocenters. The molecule has 0 radical (unpaired) electrons. The number of unbranched alkanes of at least 4 members (excludes halogenated alkanes) is 2. The number of nitrogens with zero attached hydrogens (tertiary/aromatic N) is 2. The Morgan fingerprint density at radius 1 is 0.816 bits per heavy atom. The summed E-state index contributed by atoms with van der Waals surface area (Å²) in [5, 5.41) is 5.81. The van der Waals surface area contributed by atoms with Gasteiger partial charge in [0, 0.05) is 31.1 Å². The highest BCUT2D eigenvalue weighted by atomic mass is 16.5. The average Bonchev–Trinajstić information content (AvgIpc) is 3.11. The van der Waals surface area contributed by atoms with E-state index < -0.39 is 0 Å². The van der Waals surface area contributed by atoms with Crippen LogP contribution >= 0.6 is 0 Å². The molecule has 4 rings (SSSR count).